The lowest BCUT2D eigenvalue weighted by Gasteiger charge is -2.19. The molecule has 4 aromatic heterocycles. The van der Waals surface area contributed by atoms with Gasteiger partial charge in [0.1, 0.15) is 11.5 Å². The van der Waals surface area contributed by atoms with Gasteiger partial charge in [0.25, 0.3) is 0 Å². The van der Waals surface area contributed by atoms with Gasteiger partial charge >= 0.3 is 0 Å². The average Bonchev–Trinajstić information content (AvgIpc) is 3.26. The second kappa shape index (κ2) is 9.27. The lowest BCUT2D eigenvalue weighted by atomic mass is 10.1. The van der Waals surface area contributed by atoms with Gasteiger partial charge in [-0.15, -0.1) is 0 Å². The molecule has 4 heterocycles. The molecule has 182 valence electrons. The number of H-pyrrole nitrogens is 1. The van der Waals surface area contributed by atoms with Gasteiger partial charge in [-0.25, -0.2) is 18.4 Å². The molecule has 11 heteroatoms. The smallest absolute Gasteiger partial charge is 0.248 e. The number of aromatic nitrogens is 5. The number of sulfonamides is 1. The minimum atomic E-state index is -3.46. The van der Waals surface area contributed by atoms with Crippen LogP contribution in [0.25, 0.3) is 22.2 Å². The molecule has 0 amide bonds. The van der Waals surface area contributed by atoms with E-state index >= 15 is 0 Å². The Hall–Kier alpha value is -4.51. The van der Waals surface area contributed by atoms with E-state index in [1.165, 1.54) is 11.4 Å². The van der Waals surface area contributed by atoms with E-state index in [1.807, 2.05) is 53.2 Å². The first-order chi connectivity index (χ1) is 17.3. The zero-order chi connectivity index (χ0) is 25.3. The number of rotatable bonds is 7. The van der Waals surface area contributed by atoms with Gasteiger partial charge in [0.15, 0.2) is 0 Å². The number of hydrogen-bond acceptors (Lipinski definition) is 7. The lowest BCUT2D eigenvalue weighted by molar-refractivity contribution is 0.599. The summed E-state index contributed by atoms with van der Waals surface area (Å²) >= 11 is 0. The SMILES string of the molecule is CN(c1ncccc1Cn1ccc2cnc(Nc3ccc(-c4cc[nH]c(=O)c4)cc3)nc21)S(C)(=O)=O. The van der Waals surface area contributed by atoms with Gasteiger partial charge in [0.2, 0.25) is 21.5 Å². The van der Waals surface area contributed by atoms with Gasteiger partial charge in [0.05, 0.1) is 12.8 Å². The Bertz CT molecular complexity index is 1710. The fourth-order valence-corrected chi connectivity index (χ4v) is 4.31. The second-order valence-corrected chi connectivity index (χ2v) is 10.3. The van der Waals surface area contributed by atoms with E-state index in [-0.39, 0.29) is 5.56 Å². The van der Waals surface area contributed by atoms with Crippen LogP contribution in [-0.4, -0.2) is 46.2 Å². The van der Waals surface area contributed by atoms with Gasteiger partial charge in [-0.05, 0) is 41.5 Å². The number of nitrogens with one attached hydrogen (secondary N) is 2. The molecule has 5 aromatic rings. The van der Waals surface area contributed by atoms with Crippen molar-refractivity contribution >= 4 is 38.5 Å². The molecule has 0 bridgehead atoms. The van der Waals surface area contributed by atoms with Crippen LogP contribution >= 0.6 is 0 Å². The van der Waals surface area contributed by atoms with Crippen LogP contribution in [0.4, 0.5) is 17.5 Å². The molecule has 2 N–H and O–H groups in total. The first kappa shape index (κ1) is 23.2. The van der Waals surface area contributed by atoms with Gasteiger partial charge in [0, 0.05) is 54.5 Å². The Balaban J connectivity index is 1.40. The number of aromatic amines is 1. The summed E-state index contributed by atoms with van der Waals surface area (Å²) in [6.45, 7) is 0.383. The van der Waals surface area contributed by atoms with E-state index in [1.54, 1.807) is 30.7 Å². The van der Waals surface area contributed by atoms with Crippen molar-refractivity contribution in [1.82, 2.24) is 24.5 Å². The van der Waals surface area contributed by atoms with Crippen LogP contribution in [0.1, 0.15) is 5.56 Å². The minimum Gasteiger partial charge on any atom is -0.329 e. The molecule has 0 saturated carbocycles. The number of anilines is 3. The van der Waals surface area contributed by atoms with Crippen molar-refractivity contribution in [3.05, 3.63) is 95.3 Å². The molecule has 0 spiro atoms. The van der Waals surface area contributed by atoms with Crippen LogP contribution < -0.4 is 15.2 Å². The third-order valence-electron chi connectivity index (χ3n) is 5.76. The van der Waals surface area contributed by atoms with E-state index in [0.29, 0.717) is 24.0 Å². The number of pyridine rings is 2. The zero-order valence-electron chi connectivity index (χ0n) is 19.6. The van der Waals surface area contributed by atoms with Gasteiger partial charge in [-0.1, -0.05) is 18.2 Å². The molecule has 0 saturated heterocycles. The van der Waals surface area contributed by atoms with E-state index < -0.39 is 10.0 Å². The molecular weight excluding hydrogens is 478 g/mol. The van der Waals surface area contributed by atoms with Crippen LogP contribution in [0, 0.1) is 0 Å². The molecule has 0 atom stereocenters. The maximum absolute atomic E-state index is 12.1. The molecular formula is C25H23N7O3S. The van der Waals surface area contributed by atoms with Crippen LogP contribution in [0.15, 0.2) is 84.2 Å². The highest BCUT2D eigenvalue weighted by molar-refractivity contribution is 7.92. The van der Waals surface area contributed by atoms with Crippen LogP contribution in [0.5, 0.6) is 0 Å². The van der Waals surface area contributed by atoms with Crippen molar-refractivity contribution in [3.8, 4) is 11.1 Å². The number of hydrogen-bond donors (Lipinski definition) is 2. The highest BCUT2D eigenvalue weighted by Crippen LogP contribution is 2.24. The third-order valence-corrected chi connectivity index (χ3v) is 6.92. The summed E-state index contributed by atoms with van der Waals surface area (Å²) in [6, 6.07) is 16.5. The normalized spacial score (nSPS) is 11.5. The summed E-state index contributed by atoms with van der Waals surface area (Å²) in [5, 5.41) is 4.07. The fraction of sp³-hybridized carbons (Fsp3) is 0.120. The summed E-state index contributed by atoms with van der Waals surface area (Å²) < 4.78 is 27.2. The number of benzene rings is 1. The van der Waals surface area contributed by atoms with E-state index in [0.717, 1.165) is 34.0 Å². The minimum absolute atomic E-state index is 0.152. The molecule has 0 aliphatic carbocycles. The van der Waals surface area contributed by atoms with Crippen molar-refractivity contribution in [2.75, 3.05) is 22.9 Å². The van der Waals surface area contributed by atoms with Crippen LogP contribution in [0.3, 0.4) is 0 Å². The van der Waals surface area contributed by atoms with Crippen molar-refractivity contribution in [1.29, 1.82) is 0 Å². The number of fused-ring (bicyclic) bond motifs is 1. The maximum Gasteiger partial charge on any atom is 0.248 e. The van der Waals surface area contributed by atoms with Crippen molar-refractivity contribution in [3.63, 3.8) is 0 Å². The molecule has 0 aliphatic rings. The van der Waals surface area contributed by atoms with Gasteiger partial charge in [-0.2, -0.15) is 4.98 Å². The van der Waals surface area contributed by atoms with Gasteiger partial charge in [-0.3, -0.25) is 9.10 Å². The van der Waals surface area contributed by atoms with Crippen molar-refractivity contribution < 1.29 is 8.42 Å². The predicted molar refractivity (Wildman–Crippen MR) is 140 cm³/mol. The number of nitrogens with zero attached hydrogens (tertiary/aromatic N) is 5. The van der Waals surface area contributed by atoms with Gasteiger partial charge < -0.3 is 14.9 Å². The van der Waals surface area contributed by atoms with Crippen molar-refractivity contribution in [2.45, 2.75) is 6.54 Å². The standard InChI is InChI=1S/C25H23N7O3S/c1-31(36(2,34)35)23-20(4-3-11-27-23)16-32-13-10-19-15-28-25(30-24(19)32)29-21-7-5-17(6-8-21)18-9-12-26-22(33)14-18/h3-15H,16H2,1-2H3,(H,26,33)(H,28,29,30). The zero-order valence-corrected chi connectivity index (χ0v) is 20.4. The average molecular weight is 502 g/mol. The molecule has 0 unspecified atom stereocenters. The summed E-state index contributed by atoms with van der Waals surface area (Å²) in [4.78, 5) is 27.6. The first-order valence-corrected chi connectivity index (χ1v) is 12.9. The van der Waals surface area contributed by atoms with E-state index in [4.69, 9.17) is 0 Å². The summed E-state index contributed by atoms with van der Waals surface area (Å²) in [7, 11) is -1.97. The Kier molecular flexibility index (Phi) is 5.98. The van der Waals surface area contributed by atoms with Crippen LogP contribution in [0.2, 0.25) is 0 Å². The Labute approximate surface area is 207 Å². The molecule has 10 nitrogen and oxygen atoms in total. The Morgan fingerprint density at radius 1 is 1.06 bits per heavy atom. The quantitative estimate of drug-likeness (QED) is 0.350. The Morgan fingerprint density at radius 3 is 2.61 bits per heavy atom. The first-order valence-electron chi connectivity index (χ1n) is 11.0. The molecule has 1 aromatic carbocycles. The largest absolute Gasteiger partial charge is 0.329 e. The molecule has 0 radical (unpaired) electrons. The summed E-state index contributed by atoms with van der Waals surface area (Å²) in [6.07, 6.45) is 7.96. The third kappa shape index (κ3) is 4.82. The molecule has 5 rings (SSSR count). The lowest BCUT2D eigenvalue weighted by Crippen LogP contribution is -2.27. The monoisotopic (exact) mass is 501 g/mol. The van der Waals surface area contributed by atoms with Crippen LogP contribution in [-0.2, 0) is 16.6 Å². The summed E-state index contributed by atoms with van der Waals surface area (Å²) in [5.74, 6) is 0.792. The fourth-order valence-electron chi connectivity index (χ4n) is 3.84. The topological polar surface area (TPSA) is 126 Å². The second-order valence-electron chi connectivity index (χ2n) is 8.28. The van der Waals surface area contributed by atoms with Crippen molar-refractivity contribution in [2.24, 2.45) is 0 Å². The van der Waals surface area contributed by atoms with E-state index in [2.05, 4.69) is 25.3 Å². The summed E-state index contributed by atoms with van der Waals surface area (Å²) in [5.41, 5.74) is 3.84. The Morgan fingerprint density at radius 2 is 1.86 bits per heavy atom. The highest BCUT2D eigenvalue weighted by Gasteiger charge is 2.18. The molecule has 36 heavy (non-hydrogen) atoms. The molecule has 0 aliphatic heterocycles. The molecule has 0 fully saturated rings. The maximum atomic E-state index is 12.1. The van der Waals surface area contributed by atoms with E-state index in [9.17, 15) is 13.2 Å². The predicted octanol–water partition coefficient (Wildman–Crippen LogP) is 3.37. The highest BCUT2D eigenvalue weighted by atomic mass is 32.2.